The lowest BCUT2D eigenvalue weighted by molar-refractivity contribution is 0.0695. The van der Waals surface area contributed by atoms with Gasteiger partial charge in [0.2, 0.25) is 0 Å². The van der Waals surface area contributed by atoms with E-state index < -0.39 is 9.84 Å². The summed E-state index contributed by atoms with van der Waals surface area (Å²) in [5.74, 6) is 0.0733. The van der Waals surface area contributed by atoms with Gasteiger partial charge in [-0.3, -0.25) is 4.79 Å². The molecule has 1 aromatic heterocycles. The minimum Gasteiger partial charge on any atom is -0.397 e. The summed E-state index contributed by atoms with van der Waals surface area (Å²) in [6.07, 6.45) is 2.26. The van der Waals surface area contributed by atoms with E-state index in [1.54, 1.807) is 17.2 Å². The van der Waals surface area contributed by atoms with Gasteiger partial charge in [-0.15, -0.1) is 0 Å². The standard InChI is InChI=1S/C14H23N3O3S/c1-4-16(12-5-6-21(19,20)9-12)14(18)13-7-11(15)8-17(13)10(2)3/h7-8,10,12H,4-6,9,15H2,1-3H3. The Balaban J connectivity index is 2.29. The van der Waals surface area contributed by atoms with Crippen molar-refractivity contribution >= 4 is 21.4 Å². The summed E-state index contributed by atoms with van der Waals surface area (Å²) < 4.78 is 25.1. The highest BCUT2D eigenvalue weighted by Gasteiger charge is 2.35. The number of aromatic nitrogens is 1. The molecule has 7 heteroatoms. The fourth-order valence-corrected chi connectivity index (χ4v) is 4.57. The number of nitrogen functional groups attached to an aromatic ring is 1. The van der Waals surface area contributed by atoms with Crippen molar-refractivity contribution in [2.45, 2.75) is 39.3 Å². The Labute approximate surface area is 125 Å². The van der Waals surface area contributed by atoms with Crippen LogP contribution in [0.25, 0.3) is 0 Å². The van der Waals surface area contributed by atoms with E-state index in [4.69, 9.17) is 5.73 Å². The summed E-state index contributed by atoms with van der Waals surface area (Å²) >= 11 is 0. The second-order valence-electron chi connectivity index (χ2n) is 5.81. The van der Waals surface area contributed by atoms with Crippen LogP contribution in [0.4, 0.5) is 5.69 Å². The summed E-state index contributed by atoms with van der Waals surface area (Å²) in [5, 5.41) is 0. The van der Waals surface area contributed by atoms with Crippen LogP contribution >= 0.6 is 0 Å². The van der Waals surface area contributed by atoms with Gasteiger partial charge in [-0.25, -0.2) is 8.42 Å². The van der Waals surface area contributed by atoms with Gasteiger partial charge in [0, 0.05) is 24.8 Å². The number of anilines is 1. The molecule has 0 spiro atoms. The van der Waals surface area contributed by atoms with Gasteiger partial charge in [-0.05, 0) is 33.3 Å². The third-order valence-corrected chi connectivity index (χ3v) is 5.65. The molecule has 1 saturated heterocycles. The highest BCUT2D eigenvalue weighted by atomic mass is 32.2. The average Bonchev–Trinajstić information content (AvgIpc) is 2.93. The molecule has 0 aliphatic carbocycles. The van der Waals surface area contributed by atoms with Crippen molar-refractivity contribution in [2.24, 2.45) is 0 Å². The molecule has 118 valence electrons. The molecule has 1 unspecified atom stereocenters. The van der Waals surface area contributed by atoms with E-state index in [2.05, 4.69) is 0 Å². The number of rotatable bonds is 4. The highest BCUT2D eigenvalue weighted by molar-refractivity contribution is 7.91. The van der Waals surface area contributed by atoms with Crippen molar-refractivity contribution in [1.82, 2.24) is 9.47 Å². The fourth-order valence-electron chi connectivity index (χ4n) is 2.84. The molecular weight excluding hydrogens is 290 g/mol. The van der Waals surface area contributed by atoms with Gasteiger partial charge in [0.1, 0.15) is 5.69 Å². The molecule has 1 amide bonds. The molecule has 0 aromatic carbocycles. The number of nitrogens with two attached hydrogens (primary N) is 1. The third-order valence-electron chi connectivity index (χ3n) is 3.90. The number of sulfone groups is 1. The van der Waals surface area contributed by atoms with Crippen LogP contribution in [0.15, 0.2) is 12.3 Å². The minimum absolute atomic E-state index is 0.0600. The molecule has 1 aliphatic rings. The summed E-state index contributed by atoms with van der Waals surface area (Å²) in [7, 11) is -3.01. The van der Waals surface area contributed by atoms with E-state index in [-0.39, 0.29) is 29.5 Å². The van der Waals surface area contributed by atoms with Gasteiger partial charge >= 0.3 is 0 Å². The first kappa shape index (κ1) is 15.9. The molecule has 2 N–H and O–H groups in total. The number of carbonyl (C=O) groups excluding carboxylic acids is 1. The molecule has 6 nitrogen and oxygen atoms in total. The monoisotopic (exact) mass is 313 g/mol. The van der Waals surface area contributed by atoms with Gasteiger partial charge in [0.15, 0.2) is 9.84 Å². The topological polar surface area (TPSA) is 85.4 Å². The number of nitrogens with zero attached hydrogens (tertiary/aromatic N) is 2. The van der Waals surface area contributed by atoms with Crippen molar-refractivity contribution in [3.8, 4) is 0 Å². The predicted octanol–water partition coefficient (Wildman–Crippen LogP) is 1.30. The van der Waals surface area contributed by atoms with Gasteiger partial charge in [0.25, 0.3) is 5.91 Å². The first-order chi connectivity index (χ1) is 9.75. The largest absolute Gasteiger partial charge is 0.397 e. The van der Waals surface area contributed by atoms with Crippen LogP contribution in [-0.2, 0) is 9.84 Å². The fraction of sp³-hybridized carbons (Fsp3) is 0.643. The number of hydrogen-bond acceptors (Lipinski definition) is 4. The van der Waals surface area contributed by atoms with E-state index in [0.29, 0.717) is 24.3 Å². The molecule has 1 fully saturated rings. The SMILES string of the molecule is CCN(C(=O)c1cc(N)cn1C(C)C)C1CCS(=O)(=O)C1. The van der Waals surface area contributed by atoms with E-state index in [9.17, 15) is 13.2 Å². The van der Waals surface area contributed by atoms with Crippen LogP contribution in [-0.4, -0.2) is 47.9 Å². The number of amides is 1. The zero-order chi connectivity index (χ0) is 15.8. The Morgan fingerprint density at radius 3 is 2.67 bits per heavy atom. The molecule has 0 saturated carbocycles. The molecule has 21 heavy (non-hydrogen) atoms. The molecule has 2 heterocycles. The number of hydrogen-bond donors (Lipinski definition) is 1. The Hall–Kier alpha value is -1.50. The molecule has 1 aliphatic heterocycles. The molecule has 0 radical (unpaired) electrons. The Morgan fingerprint density at radius 1 is 1.52 bits per heavy atom. The lowest BCUT2D eigenvalue weighted by Gasteiger charge is -2.27. The predicted molar refractivity (Wildman–Crippen MR) is 83.0 cm³/mol. The van der Waals surface area contributed by atoms with Gasteiger partial charge in [0.05, 0.1) is 17.2 Å². The maximum atomic E-state index is 12.8. The molecule has 2 rings (SSSR count). The van der Waals surface area contributed by atoms with Gasteiger partial charge in [-0.1, -0.05) is 0 Å². The van der Waals surface area contributed by atoms with Crippen LogP contribution in [0.1, 0.15) is 43.7 Å². The van der Waals surface area contributed by atoms with E-state index in [1.165, 1.54) is 0 Å². The highest BCUT2D eigenvalue weighted by Crippen LogP contribution is 2.23. The summed E-state index contributed by atoms with van der Waals surface area (Å²) in [6.45, 7) is 6.32. The average molecular weight is 313 g/mol. The van der Waals surface area contributed by atoms with E-state index in [1.807, 2.05) is 25.3 Å². The Bertz CT molecular complexity index is 634. The van der Waals surface area contributed by atoms with Crippen molar-refractivity contribution < 1.29 is 13.2 Å². The first-order valence-electron chi connectivity index (χ1n) is 7.24. The molecular formula is C14H23N3O3S. The van der Waals surface area contributed by atoms with Gasteiger partial charge in [-0.2, -0.15) is 0 Å². The smallest absolute Gasteiger partial charge is 0.270 e. The quantitative estimate of drug-likeness (QED) is 0.908. The number of carbonyl (C=O) groups is 1. The van der Waals surface area contributed by atoms with Crippen LogP contribution < -0.4 is 5.73 Å². The lowest BCUT2D eigenvalue weighted by Crippen LogP contribution is -2.41. The molecule has 0 bridgehead atoms. The summed E-state index contributed by atoms with van der Waals surface area (Å²) in [5.41, 5.74) is 6.87. The second kappa shape index (κ2) is 5.71. The summed E-state index contributed by atoms with van der Waals surface area (Å²) in [4.78, 5) is 14.4. The zero-order valence-electron chi connectivity index (χ0n) is 12.7. The minimum atomic E-state index is -3.01. The van der Waals surface area contributed by atoms with Crippen molar-refractivity contribution in [3.63, 3.8) is 0 Å². The maximum absolute atomic E-state index is 12.8. The van der Waals surface area contributed by atoms with Gasteiger partial charge < -0.3 is 15.2 Å². The lowest BCUT2D eigenvalue weighted by atomic mass is 10.2. The molecule has 1 aromatic rings. The van der Waals surface area contributed by atoms with E-state index in [0.717, 1.165) is 0 Å². The molecule has 1 atom stereocenters. The summed E-state index contributed by atoms with van der Waals surface area (Å²) in [6, 6.07) is 1.55. The van der Waals surface area contributed by atoms with Crippen LogP contribution in [0, 0.1) is 0 Å². The maximum Gasteiger partial charge on any atom is 0.270 e. The van der Waals surface area contributed by atoms with Crippen LogP contribution in [0.2, 0.25) is 0 Å². The van der Waals surface area contributed by atoms with Crippen LogP contribution in [0.5, 0.6) is 0 Å². The van der Waals surface area contributed by atoms with Crippen LogP contribution in [0.3, 0.4) is 0 Å². The van der Waals surface area contributed by atoms with E-state index >= 15 is 0 Å². The Kier molecular flexibility index (Phi) is 4.32. The zero-order valence-corrected chi connectivity index (χ0v) is 13.6. The normalized spacial score (nSPS) is 20.9. The third kappa shape index (κ3) is 3.23. The second-order valence-corrected chi connectivity index (χ2v) is 8.04. The first-order valence-corrected chi connectivity index (χ1v) is 9.06. The van der Waals surface area contributed by atoms with Crippen molar-refractivity contribution in [2.75, 3.05) is 23.8 Å². The van der Waals surface area contributed by atoms with Crippen molar-refractivity contribution in [1.29, 1.82) is 0 Å². The van der Waals surface area contributed by atoms with Crippen molar-refractivity contribution in [3.05, 3.63) is 18.0 Å². The Morgan fingerprint density at radius 2 is 2.19 bits per heavy atom.